The Hall–Kier alpha value is -1.30. The van der Waals surface area contributed by atoms with Gasteiger partial charge in [0.2, 0.25) is 0 Å². The van der Waals surface area contributed by atoms with Crippen LogP contribution in [0.15, 0.2) is 18.2 Å². The Morgan fingerprint density at radius 2 is 2.20 bits per heavy atom. The average Bonchev–Trinajstić information content (AvgIpc) is 2.46. The van der Waals surface area contributed by atoms with E-state index >= 15 is 0 Å². The Balaban J connectivity index is 1.98. The number of hydrogen-bond acceptors (Lipinski definition) is 4. The second-order valence-corrected chi connectivity index (χ2v) is 5.19. The molecule has 1 fully saturated rings. The summed E-state index contributed by atoms with van der Waals surface area (Å²) >= 11 is 5.95. The zero-order valence-corrected chi connectivity index (χ0v) is 12.2. The van der Waals surface area contributed by atoms with Crippen molar-refractivity contribution in [2.45, 2.75) is 13.0 Å². The van der Waals surface area contributed by atoms with Crippen molar-refractivity contribution in [3.63, 3.8) is 0 Å². The minimum absolute atomic E-state index is 0.00134. The van der Waals surface area contributed by atoms with Gasteiger partial charge >= 0.3 is 0 Å². The van der Waals surface area contributed by atoms with E-state index in [1.165, 1.54) is 0 Å². The molecule has 2 N–H and O–H groups in total. The molecule has 0 spiro atoms. The summed E-state index contributed by atoms with van der Waals surface area (Å²) in [5.74, 6) is 0.560. The van der Waals surface area contributed by atoms with Crippen LogP contribution in [0.25, 0.3) is 0 Å². The number of halogens is 1. The van der Waals surface area contributed by atoms with Crippen LogP contribution in [0.4, 0.5) is 0 Å². The Bertz CT molecular complexity index is 473. The number of ether oxygens (including phenoxy) is 2. The molecule has 5 nitrogen and oxygen atoms in total. The van der Waals surface area contributed by atoms with E-state index in [-0.39, 0.29) is 18.6 Å². The Morgan fingerprint density at radius 1 is 1.50 bits per heavy atom. The maximum Gasteiger partial charge on any atom is 0.260 e. The van der Waals surface area contributed by atoms with Crippen molar-refractivity contribution >= 4 is 17.5 Å². The summed E-state index contributed by atoms with van der Waals surface area (Å²) in [6.45, 7) is 4.24. The van der Waals surface area contributed by atoms with Crippen LogP contribution in [0, 0.1) is 0 Å². The third-order valence-corrected chi connectivity index (χ3v) is 3.41. The standard InChI is InChI=1S/C14H19ClN2O3/c1-10(16)12-8-11(15)2-3-13(12)20-9-14(18)17-4-6-19-7-5-17/h2-3,8,10H,4-7,9,16H2,1H3/t10-/m0/s1. The molecule has 1 atom stereocenters. The molecule has 1 aromatic rings. The van der Waals surface area contributed by atoms with Crippen molar-refractivity contribution < 1.29 is 14.3 Å². The van der Waals surface area contributed by atoms with E-state index in [0.29, 0.717) is 37.1 Å². The molecule has 0 saturated carbocycles. The first-order valence-electron chi connectivity index (χ1n) is 6.61. The topological polar surface area (TPSA) is 64.8 Å². The van der Waals surface area contributed by atoms with Crippen LogP contribution in [0.2, 0.25) is 5.02 Å². The number of nitrogens with two attached hydrogens (primary N) is 1. The number of hydrogen-bond donors (Lipinski definition) is 1. The highest BCUT2D eigenvalue weighted by atomic mass is 35.5. The predicted octanol–water partition coefficient (Wildman–Crippen LogP) is 1.60. The highest BCUT2D eigenvalue weighted by Crippen LogP contribution is 2.27. The van der Waals surface area contributed by atoms with Gasteiger partial charge in [-0.25, -0.2) is 0 Å². The molecular weight excluding hydrogens is 280 g/mol. The smallest absolute Gasteiger partial charge is 0.260 e. The van der Waals surface area contributed by atoms with E-state index in [1.807, 2.05) is 6.92 Å². The van der Waals surface area contributed by atoms with Crippen LogP contribution in [0.1, 0.15) is 18.5 Å². The average molecular weight is 299 g/mol. The van der Waals surface area contributed by atoms with E-state index in [4.69, 9.17) is 26.8 Å². The van der Waals surface area contributed by atoms with Crippen LogP contribution < -0.4 is 10.5 Å². The molecule has 0 unspecified atom stereocenters. The van der Waals surface area contributed by atoms with Crippen LogP contribution in [0.3, 0.4) is 0 Å². The van der Waals surface area contributed by atoms with Crippen LogP contribution in [-0.4, -0.2) is 43.7 Å². The van der Waals surface area contributed by atoms with Gasteiger partial charge < -0.3 is 20.1 Å². The fourth-order valence-electron chi connectivity index (χ4n) is 2.05. The number of benzene rings is 1. The normalized spacial score (nSPS) is 16.9. The van der Waals surface area contributed by atoms with Crippen LogP contribution in [0.5, 0.6) is 5.75 Å². The molecule has 0 radical (unpaired) electrons. The third-order valence-electron chi connectivity index (χ3n) is 3.18. The number of morpholine rings is 1. The lowest BCUT2D eigenvalue weighted by Crippen LogP contribution is -2.43. The van der Waals surface area contributed by atoms with Gasteiger partial charge in [-0.05, 0) is 25.1 Å². The van der Waals surface area contributed by atoms with E-state index in [0.717, 1.165) is 5.56 Å². The molecule has 1 amide bonds. The zero-order chi connectivity index (χ0) is 14.5. The molecule has 2 rings (SSSR count). The molecule has 0 bridgehead atoms. The molecule has 1 heterocycles. The largest absolute Gasteiger partial charge is 0.483 e. The summed E-state index contributed by atoms with van der Waals surface area (Å²) in [5, 5.41) is 0.601. The lowest BCUT2D eigenvalue weighted by Gasteiger charge is -2.27. The molecule has 6 heteroatoms. The minimum Gasteiger partial charge on any atom is -0.483 e. The van der Waals surface area contributed by atoms with Gasteiger partial charge in [0.15, 0.2) is 6.61 Å². The van der Waals surface area contributed by atoms with Gasteiger partial charge in [0.05, 0.1) is 13.2 Å². The van der Waals surface area contributed by atoms with Gasteiger partial charge in [0.1, 0.15) is 5.75 Å². The summed E-state index contributed by atoms with van der Waals surface area (Å²) in [6.07, 6.45) is 0. The third kappa shape index (κ3) is 3.85. The highest BCUT2D eigenvalue weighted by Gasteiger charge is 2.18. The minimum atomic E-state index is -0.206. The number of carbonyl (C=O) groups excluding carboxylic acids is 1. The summed E-state index contributed by atoms with van der Waals surface area (Å²) in [5.41, 5.74) is 6.68. The first-order chi connectivity index (χ1) is 9.58. The van der Waals surface area contributed by atoms with Crippen molar-refractivity contribution in [3.05, 3.63) is 28.8 Å². The Morgan fingerprint density at radius 3 is 2.85 bits per heavy atom. The molecule has 20 heavy (non-hydrogen) atoms. The number of carbonyl (C=O) groups is 1. The van der Waals surface area contributed by atoms with Crippen molar-refractivity contribution in [2.24, 2.45) is 5.73 Å². The van der Waals surface area contributed by atoms with Crippen molar-refractivity contribution in [2.75, 3.05) is 32.9 Å². The van der Waals surface area contributed by atoms with Gasteiger partial charge in [-0.1, -0.05) is 11.6 Å². The fraction of sp³-hybridized carbons (Fsp3) is 0.500. The number of rotatable bonds is 4. The molecule has 1 saturated heterocycles. The van der Waals surface area contributed by atoms with Gasteiger partial charge in [0, 0.05) is 29.7 Å². The maximum absolute atomic E-state index is 12.0. The first kappa shape index (κ1) is 15.1. The highest BCUT2D eigenvalue weighted by molar-refractivity contribution is 6.30. The van der Waals surface area contributed by atoms with E-state index in [1.54, 1.807) is 23.1 Å². The van der Waals surface area contributed by atoms with Gasteiger partial charge in [-0.2, -0.15) is 0 Å². The predicted molar refractivity (Wildman–Crippen MR) is 76.9 cm³/mol. The molecule has 0 aliphatic carbocycles. The van der Waals surface area contributed by atoms with Gasteiger partial charge in [-0.3, -0.25) is 4.79 Å². The monoisotopic (exact) mass is 298 g/mol. The molecule has 1 aliphatic heterocycles. The second-order valence-electron chi connectivity index (χ2n) is 4.75. The van der Waals surface area contributed by atoms with E-state index in [2.05, 4.69) is 0 Å². The SMILES string of the molecule is C[C@H](N)c1cc(Cl)ccc1OCC(=O)N1CCOCC1. The first-order valence-corrected chi connectivity index (χ1v) is 6.99. The number of amides is 1. The van der Waals surface area contributed by atoms with Crippen LogP contribution >= 0.6 is 11.6 Å². The van der Waals surface area contributed by atoms with Gasteiger partial charge in [-0.15, -0.1) is 0 Å². The fourth-order valence-corrected chi connectivity index (χ4v) is 2.23. The maximum atomic E-state index is 12.0. The van der Waals surface area contributed by atoms with Crippen molar-refractivity contribution in [3.8, 4) is 5.75 Å². The molecule has 110 valence electrons. The Labute approximate surface area is 123 Å². The van der Waals surface area contributed by atoms with E-state index in [9.17, 15) is 4.79 Å². The molecule has 1 aliphatic rings. The number of nitrogens with zero attached hydrogens (tertiary/aromatic N) is 1. The molecule has 0 aromatic heterocycles. The second kappa shape index (κ2) is 6.92. The summed E-state index contributed by atoms with van der Waals surface area (Å²) < 4.78 is 10.8. The summed E-state index contributed by atoms with van der Waals surface area (Å²) in [4.78, 5) is 13.7. The van der Waals surface area contributed by atoms with Crippen molar-refractivity contribution in [1.29, 1.82) is 0 Å². The van der Waals surface area contributed by atoms with Gasteiger partial charge in [0.25, 0.3) is 5.91 Å². The Kier molecular flexibility index (Phi) is 5.23. The summed E-state index contributed by atoms with van der Waals surface area (Å²) in [7, 11) is 0. The quantitative estimate of drug-likeness (QED) is 0.917. The lowest BCUT2D eigenvalue weighted by molar-refractivity contribution is -0.137. The molecular formula is C14H19ClN2O3. The van der Waals surface area contributed by atoms with Crippen LogP contribution in [-0.2, 0) is 9.53 Å². The van der Waals surface area contributed by atoms with Crippen molar-refractivity contribution in [1.82, 2.24) is 4.90 Å². The lowest BCUT2D eigenvalue weighted by atomic mass is 10.1. The summed E-state index contributed by atoms with van der Waals surface area (Å²) in [6, 6.07) is 5.03. The molecule has 1 aromatic carbocycles. The zero-order valence-electron chi connectivity index (χ0n) is 11.5. The van der Waals surface area contributed by atoms with E-state index < -0.39 is 0 Å².